The molecule has 0 spiro atoms. The van der Waals surface area contributed by atoms with Crippen LogP contribution in [0.1, 0.15) is 17.3 Å². The molecule has 0 radical (unpaired) electrons. The minimum absolute atomic E-state index is 0.142. The first kappa shape index (κ1) is 18.2. The van der Waals surface area contributed by atoms with Gasteiger partial charge in [0.25, 0.3) is 5.91 Å². The van der Waals surface area contributed by atoms with Gasteiger partial charge in [-0.3, -0.25) is 9.59 Å². The molecule has 2 N–H and O–H groups in total. The van der Waals surface area contributed by atoms with E-state index in [1.807, 2.05) is 0 Å². The van der Waals surface area contributed by atoms with E-state index in [1.54, 1.807) is 18.2 Å². The molecule has 0 bridgehead atoms. The van der Waals surface area contributed by atoms with E-state index in [1.165, 1.54) is 31.3 Å². The lowest BCUT2D eigenvalue weighted by Crippen LogP contribution is -2.22. The van der Waals surface area contributed by atoms with Crippen LogP contribution in [0, 0.1) is 0 Å². The van der Waals surface area contributed by atoms with Gasteiger partial charge in [-0.25, -0.2) is 4.98 Å². The van der Waals surface area contributed by atoms with Gasteiger partial charge in [-0.1, -0.05) is 6.07 Å². The summed E-state index contributed by atoms with van der Waals surface area (Å²) >= 11 is 0. The Balaban J connectivity index is 2.14. The average molecular weight is 353 g/mol. The lowest BCUT2D eigenvalue weighted by molar-refractivity contribution is -0.154. The van der Waals surface area contributed by atoms with E-state index >= 15 is 0 Å². The molecule has 9 heteroatoms. The summed E-state index contributed by atoms with van der Waals surface area (Å²) in [5.41, 5.74) is 0.670. The average Bonchev–Trinajstić information content (AvgIpc) is 2.52. The van der Waals surface area contributed by atoms with Crippen molar-refractivity contribution < 1.29 is 27.5 Å². The number of hydrogen-bond donors (Lipinski definition) is 2. The highest BCUT2D eigenvalue weighted by Crippen LogP contribution is 2.22. The van der Waals surface area contributed by atoms with Crippen LogP contribution in [0.25, 0.3) is 0 Å². The van der Waals surface area contributed by atoms with E-state index < -0.39 is 24.6 Å². The Morgan fingerprint density at radius 3 is 2.44 bits per heavy atom. The van der Waals surface area contributed by atoms with Crippen molar-refractivity contribution in [3.63, 3.8) is 0 Å². The fraction of sp³-hybridized carbons (Fsp3) is 0.188. The van der Waals surface area contributed by atoms with Gasteiger partial charge in [-0.05, 0) is 30.3 Å². The second-order valence-electron chi connectivity index (χ2n) is 4.98. The zero-order valence-corrected chi connectivity index (χ0v) is 13.1. The molecule has 0 aliphatic heterocycles. The van der Waals surface area contributed by atoms with Gasteiger partial charge < -0.3 is 15.4 Å². The maximum Gasteiger partial charge on any atom is 0.422 e. The first-order valence-electron chi connectivity index (χ1n) is 7.08. The number of alkyl halides is 3. The van der Waals surface area contributed by atoms with Gasteiger partial charge in [-0.15, -0.1) is 0 Å². The molecule has 2 amide bonds. The first-order valence-corrected chi connectivity index (χ1v) is 7.08. The van der Waals surface area contributed by atoms with Crippen molar-refractivity contribution in [3.8, 4) is 5.88 Å². The summed E-state index contributed by atoms with van der Waals surface area (Å²) < 4.78 is 41.4. The molecule has 0 aliphatic carbocycles. The number of benzene rings is 1. The van der Waals surface area contributed by atoms with Gasteiger partial charge in [0.1, 0.15) is 5.56 Å². The number of pyridine rings is 1. The third kappa shape index (κ3) is 5.79. The predicted octanol–water partition coefficient (Wildman–Crippen LogP) is 3.23. The van der Waals surface area contributed by atoms with Crippen molar-refractivity contribution in [1.82, 2.24) is 4.98 Å². The molecule has 1 heterocycles. The Hall–Kier alpha value is -3.10. The second-order valence-corrected chi connectivity index (χ2v) is 4.98. The smallest absolute Gasteiger partial charge is 0.422 e. The predicted molar refractivity (Wildman–Crippen MR) is 84.5 cm³/mol. The maximum absolute atomic E-state index is 12.3. The first-order chi connectivity index (χ1) is 11.7. The van der Waals surface area contributed by atoms with Crippen LogP contribution in [-0.4, -0.2) is 29.6 Å². The van der Waals surface area contributed by atoms with E-state index in [0.29, 0.717) is 11.4 Å². The number of anilines is 2. The molecular weight excluding hydrogens is 339 g/mol. The van der Waals surface area contributed by atoms with Crippen molar-refractivity contribution in [2.45, 2.75) is 13.1 Å². The molecule has 0 saturated carbocycles. The minimum atomic E-state index is -4.54. The Labute approximate surface area is 141 Å². The van der Waals surface area contributed by atoms with Gasteiger partial charge in [-0.2, -0.15) is 13.2 Å². The Morgan fingerprint density at radius 2 is 1.80 bits per heavy atom. The van der Waals surface area contributed by atoms with Gasteiger partial charge in [0, 0.05) is 24.5 Å². The van der Waals surface area contributed by atoms with Crippen LogP contribution in [0.15, 0.2) is 42.6 Å². The van der Waals surface area contributed by atoms with Crippen LogP contribution in [-0.2, 0) is 4.79 Å². The molecule has 1 aromatic carbocycles. The summed E-state index contributed by atoms with van der Waals surface area (Å²) in [4.78, 5) is 27.0. The van der Waals surface area contributed by atoms with Crippen LogP contribution >= 0.6 is 0 Å². The van der Waals surface area contributed by atoms with E-state index in [4.69, 9.17) is 0 Å². The van der Waals surface area contributed by atoms with Crippen LogP contribution in [0.2, 0.25) is 0 Å². The number of amides is 2. The van der Waals surface area contributed by atoms with Crippen LogP contribution < -0.4 is 15.4 Å². The highest BCUT2D eigenvalue weighted by atomic mass is 19.4. The van der Waals surface area contributed by atoms with E-state index in [9.17, 15) is 22.8 Å². The lowest BCUT2D eigenvalue weighted by atomic mass is 10.2. The number of nitrogens with one attached hydrogen (secondary N) is 2. The van der Waals surface area contributed by atoms with Crippen molar-refractivity contribution in [1.29, 1.82) is 0 Å². The highest BCUT2D eigenvalue weighted by molar-refractivity contribution is 6.06. The number of aromatic nitrogens is 1. The van der Waals surface area contributed by atoms with Crippen molar-refractivity contribution in [2.75, 3.05) is 17.2 Å². The number of hydrogen-bond acceptors (Lipinski definition) is 4. The molecule has 132 valence electrons. The fourth-order valence-electron chi connectivity index (χ4n) is 1.91. The Morgan fingerprint density at radius 1 is 1.12 bits per heavy atom. The molecule has 0 fully saturated rings. The standard InChI is InChI=1S/C16H14F3N3O3/c1-10(23)21-11-4-2-5-12(8-11)22-14(24)13-6-3-7-20-15(13)25-9-16(17,18)19/h2-8H,9H2,1H3,(H,21,23)(H,22,24). The van der Waals surface area contributed by atoms with E-state index in [2.05, 4.69) is 20.4 Å². The van der Waals surface area contributed by atoms with Gasteiger partial charge in [0.05, 0.1) is 0 Å². The summed E-state index contributed by atoms with van der Waals surface area (Å²) in [6, 6.07) is 9.00. The van der Waals surface area contributed by atoms with Crippen molar-refractivity contribution >= 4 is 23.2 Å². The molecule has 0 saturated heterocycles. The molecule has 6 nitrogen and oxygen atoms in total. The maximum atomic E-state index is 12.3. The van der Waals surface area contributed by atoms with Crippen molar-refractivity contribution in [2.24, 2.45) is 0 Å². The number of halogens is 3. The van der Waals surface area contributed by atoms with Crippen LogP contribution in [0.3, 0.4) is 0 Å². The third-order valence-electron chi connectivity index (χ3n) is 2.83. The van der Waals surface area contributed by atoms with Crippen molar-refractivity contribution in [3.05, 3.63) is 48.2 Å². The number of rotatable bonds is 5. The summed E-state index contributed by atoms with van der Waals surface area (Å²) in [6.07, 6.45) is -3.32. The normalized spacial score (nSPS) is 10.9. The fourth-order valence-corrected chi connectivity index (χ4v) is 1.91. The number of ether oxygens (including phenoxy) is 1. The van der Waals surface area contributed by atoms with Gasteiger partial charge >= 0.3 is 6.18 Å². The SMILES string of the molecule is CC(=O)Nc1cccc(NC(=O)c2cccnc2OCC(F)(F)F)c1. The molecule has 0 aliphatic rings. The van der Waals surface area contributed by atoms with Crippen LogP contribution in [0.5, 0.6) is 5.88 Å². The largest absolute Gasteiger partial charge is 0.467 e. The van der Waals surface area contributed by atoms with E-state index in [0.717, 1.165) is 0 Å². The Bertz CT molecular complexity index is 778. The summed E-state index contributed by atoms with van der Waals surface area (Å²) in [6.45, 7) is -0.215. The van der Waals surface area contributed by atoms with Gasteiger partial charge in [0.15, 0.2) is 6.61 Å². The van der Waals surface area contributed by atoms with E-state index in [-0.39, 0.29) is 11.5 Å². The zero-order valence-electron chi connectivity index (χ0n) is 13.1. The molecule has 2 aromatic rings. The van der Waals surface area contributed by atoms with Crippen LogP contribution in [0.4, 0.5) is 24.5 Å². The second kappa shape index (κ2) is 7.65. The number of nitrogens with zero attached hydrogens (tertiary/aromatic N) is 1. The number of carbonyl (C=O) groups is 2. The topological polar surface area (TPSA) is 80.3 Å². The summed E-state index contributed by atoms with van der Waals surface area (Å²) in [5.74, 6) is -1.39. The molecule has 25 heavy (non-hydrogen) atoms. The monoisotopic (exact) mass is 353 g/mol. The summed E-state index contributed by atoms with van der Waals surface area (Å²) in [5, 5.41) is 5.07. The quantitative estimate of drug-likeness (QED) is 0.865. The molecule has 0 unspecified atom stereocenters. The third-order valence-corrected chi connectivity index (χ3v) is 2.83. The molecule has 0 atom stereocenters. The Kier molecular flexibility index (Phi) is 5.58. The molecular formula is C16H14F3N3O3. The minimum Gasteiger partial charge on any atom is -0.467 e. The zero-order chi connectivity index (χ0) is 18.4. The number of carbonyl (C=O) groups excluding carboxylic acids is 2. The molecule has 1 aromatic heterocycles. The highest BCUT2D eigenvalue weighted by Gasteiger charge is 2.29. The summed E-state index contributed by atoms with van der Waals surface area (Å²) in [7, 11) is 0. The molecule has 2 rings (SSSR count). The lowest BCUT2D eigenvalue weighted by Gasteiger charge is -2.12. The van der Waals surface area contributed by atoms with Gasteiger partial charge in [0.2, 0.25) is 11.8 Å².